The van der Waals surface area contributed by atoms with Gasteiger partial charge >= 0.3 is 0 Å². The van der Waals surface area contributed by atoms with E-state index in [-0.39, 0.29) is 5.60 Å². The second-order valence-electron chi connectivity index (χ2n) is 7.99. The Morgan fingerprint density at radius 2 is 1.81 bits per heavy atom. The largest absolute Gasteiger partial charge is 0.412 e. The zero-order chi connectivity index (χ0) is 15.1. The van der Waals surface area contributed by atoms with Crippen molar-refractivity contribution in [3.63, 3.8) is 0 Å². The van der Waals surface area contributed by atoms with Crippen LogP contribution in [0.5, 0.6) is 0 Å². The zero-order valence-corrected chi connectivity index (χ0v) is 16.1. The van der Waals surface area contributed by atoms with Crippen LogP contribution in [0.15, 0.2) is 28.7 Å². The third kappa shape index (κ3) is 3.15. The Morgan fingerprint density at radius 3 is 2.52 bits per heavy atom. The quantitative estimate of drug-likeness (QED) is 0.599. The molecule has 2 saturated carbocycles. The first-order valence-corrected chi connectivity index (χ1v) is 12.5. The molecule has 1 aromatic rings. The Balaban J connectivity index is 1.86. The summed E-state index contributed by atoms with van der Waals surface area (Å²) in [5, 5.41) is 0. The number of halogens is 1. The first kappa shape index (κ1) is 15.8. The lowest BCUT2D eigenvalue weighted by molar-refractivity contribution is 0.108. The summed E-state index contributed by atoms with van der Waals surface area (Å²) >= 11 is 3.73. The van der Waals surface area contributed by atoms with Crippen LogP contribution in [0.4, 0.5) is 0 Å². The second kappa shape index (κ2) is 5.50. The molecule has 0 radical (unpaired) electrons. The minimum Gasteiger partial charge on any atom is -0.412 e. The molecule has 116 valence electrons. The molecule has 1 nitrogen and oxygen atoms in total. The molecular formula is C18H27BrOSi. The highest BCUT2D eigenvalue weighted by molar-refractivity contribution is 9.10. The Hall–Kier alpha value is -0.123. The van der Waals surface area contributed by atoms with E-state index in [0.717, 1.165) is 0 Å². The average molecular weight is 367 g/mol. The highest BCUT2D eigenvalue weighted by Gasteiger charge is 2.68. The van der Waals surface area contributed by atoms with Gasteiger partial charge in [0.1, 0.15) is 0 Å². The summed E-state index contributed by atoms with van der Waals surface area (Å²) in [6.07, 6.45) is 9.20. The first-order valence-electron chi connectivity index (χ1n) is 8.30. The summed E-state index contributed by atoms with van der Waals surface area (Å²) in [5.41, 5.74) is 2.07. The van der Waals surface area contributed by atoms with E-state index in [1.54, 1.807) is 0 Å². The number of hydrogen-bond acceptors (Lipinski definition) is 1. The number of fused-ring (bicyclic) bond motifs is 1. The first-order chi connectivity index (χ1) is 9.86. The van der Waals surface area contributed by atoms with Crippen molar-refractivity contribution >= 4 is 24.2 Å². The summed E-state index contributed by atoms with van der Waals surface area (Å²) in [4.78, 5) is 0. The Bertz CT molecular complexity index is 524. The summed E-state index contributed by atoms with van der Waals surface area (Å²) in [7, 11) is -1.49. The van der Waals surface area contributed by atoms with Crippen molar-refractivity contribution in [1.82, 2.24) is 0 Å². The minimum atomic E-state index is -1.49. The number of hydrogen-bond donors (Lipinski definition) is 0. The maximum Gasteiger partial charge on any atom is 0.184 e. The van der Waals surface area contributed by atoms with Gasteiger partial charge in [0.2, 0.25) is 0 Å². The van der Waals surface area contributed by atoms with Crippen molar-refractivity contribution in [3.05, 3.63) is 34.3 Å². The van der Waals surface area contributed by atoms with Crippen LogP contribution in [-0.4, -0.2) is 13.9 Å². The van der Waals surface area contributed by atoms with Crippen LogP contribution in [0.25, 0.3) is 0 Å². The monoisotopic (exact) mass is 366 g/mol. The Labute approximate surface area is 138 Å². The molecule has 0 amide bonds. The highest BCUT2D eigenvalue weighted by atomic mass is 79.9. The molecule has 0 spiro atoms. The van der Waals surface area contributed by atoms with Gasteiger partial charge in [-0.05, 0) is 57.0 Å². The maximum atomic E-state index is 6.76. The fourth-order valence-corrected chi connectivity index (χ4v) is 6.31. The van der Waals surface area contributed by atoms with Crippen LogP contribution in [0, 0.1) is 5.41 Å². The second-order valence-corrected chi connectivity index (χ2v) is 13.3. The number of benzene rings is 1. The lowest BCUT2D eigenvalue weighted by atomic mass is 9.88. The van der Waals surface area contributed by atoms with Crippen LogP contribution < -0.4 is 0 Å². The molecule has 21 heavy (non-hydrogen) atoms. The third-order valence-corrected chi connectivity index (χ3v) is 6.97. The minimum absolute atomic E-state index is 0.198. The molecule has 2 atom stereocenters. The van der Waals surface area contributed by atoms with Gasteiger partial charge in [0.05, 0.1) is 5.60 Å². The van der Waals surface area contributed by atoms with Crippen molar-refractivity contribution in [2.45, 2.75) is 70.2 Å². The van der Waals surface area contributed by atoms with Crippen LogP contribution in [0.2, 0.25) is 19.6 Å². The van der Waals surface area contributed by atoms with Gasteiger partial charge in [0, 0.05) is 9.89 Å². The van der Waals surface area contributed by atoms with E-state index in [1.807, 2.05) is 0 Å². The standard InChI is InChI=1S/C18H27BrOSi/c1-21(2,3)20-18-12-8-4-7-11-17(18,14-18)13-15-9-5-6-10-16(15)19/h5-6,9-10H,4,7-8,11-14H2,1-3H3/t17-,18+/m0/s1. The molecule has 3 heteroatoms. The fraction of sp³-hybridized carbons (Fsp3) is 0.667. The summed E-state index contributed by atoms with van der Waals surface area (Å²) in [6, 6.07) is 8.72. The van der Waals surface area contributed by atoms with Crippen molar-refractivity contribution in [3.8, 4) is 0 Å². The molecule has 2 aliphatic rings. The lowest BCUT2D eigenvalue weighted by Crippen LogP contribution is -2.37. The third-order valence-electron chi connectivity index (χ3n) is 5.19. The van der Waals surface area contributed by atoms with Gasteiger partial charge in [-0.2, -0.15) is 0 Å². The van der Waals surface area contributed by atoms with Crippen LogP contribution in [-0.2, 0) is 10.8 Å². The van der Waals surface area contributed by atoms with Crippen molar-refractivity contribution in [1.29, 1.82) is 0 Å². The molecule has 0 heterocycles. The van der Waals surface area contributed by atoms with Gasteiger partial charge in [-0.25, -0.2) is 0 Å². The van der Waals surface area contributed by atoms with Crippen molar-refractivity contribution in [2.24, 2.45) is 5.41 Å². The molecule has 0 bridgehead atoms. The van der Waals surface area contributed by atoms with Crippen molar-refractivity contribution < 1.29 is 4.43 Å². The predicted octanol–water partition coefficient (Wildman–Crippen LogP) is 5.94. The number of rotatable bonds is 4. The van der Waals surface area contributed by atoms with Crippen LogP contribution >= 0.6 is 15.9 Å². The molecule has 0 unspecified atom stereocenters. The Morgan fingerprint density at radius 1 is 1.10 bits per heavy atom. The molecule has 3 rings (SSSR count). The molecule has 2 fully saturated rings. The molecule has 0 saturated heterocycles. The normalized spacial score (nSPS) is 32.4. The summed E-state index contributed by atoms with van der Waals surface area (Å²) in [5.74, 6) is 0. The van der Waals surface area contributed by atoms with Gasteiger partial charge in [0.15, 0.2) is 8.32 Å². The fourth-order valence-electron chi connectivity index (χ4n) is 4.32. The molecule has 1 aromatic carbocycles. The zero-order valence-electron chi connectivity index (χ0n) is 13.5. The van der Waals surface area contributed by atoms with Crippen LogP contribution in [0.3, 0.4) is 0 Å². The van der Waals surface area contributed by atoms with Crippen molar-refractivity contribution in [2.75, 3.05) is 0 Å². The van der Waals surface area contributed by atoms with Gasteiger partial charge < -0.3 is 4.43 Å². The van der Waals surface area contributed by atoms with Gasteiger partial charge in [0.25, 0.3) is 0 Å². The SMILES string of the molecule is C[Si](C)(C)O[C@@]12CCCCC[C@]1(Cc1ccccc1Br)C2. The van der Waals surface area contributed by atoms with E-state index in [9.17, 15) is 0 Å². The van der Waals surface area contributed by atoms with Gasteiger partial charge in [-0.1, -0.05) is 53.4 Å². The van der Waals surface area contributed by atoms with Gasteiger partial charge in [-0.15, -0.1) is 0 Å². The van der Waals surface area contributed by atoms with E-state index < -0.39 is 8.32 Å². The smallest absolute Gasteiger partial charge is 0.184 e. The molecular weight excluding hydrogens is 340 g/mol. The molecule has 0 aliphatic heterocycles. The van der Waals surface area contributed by atoms with E-state index in [4.69, 9.17) is 4.43 Å². The van der Waals surface area contributed by atoms with E-state index >= 15 is 0 Å². The summed E-state index contributed by atoms with van der Waals surface area (Å²) < 4.78 is 8.02. The lowest BCUT2D eigenvalue weighted by Gasteiger charge is -2.31. The van der Waals surface area contributed by atoms with E-state index in [0.29, 0.717) is 5.41 Å². The molecule has 2 aliphatic carbocycles. The maximum absolute atomic E-state index is 6.76. The van der Waals surface area contributed by atoms with Crippen LogP contribution in [0.1, 0.15) is 44.1 Å². The molecule has 0 aromatic heterocycles. The van der Waals surface area contributed by atoms with E-state index in [1.165, 1.54) is 55.0 Å². The Kier molecular flexibility index (Phi) is 4.13. The summed E-state index contributed by atoms with van der Waals surface area (Å²) in [6.45, 7) is 7.02. The average Bonchev–Trinajstić information content (AvgIpc) is 2.98. The highest BCUT2D eigenvalue weighted by Crippen LogP contribution is 2.68. The van der Waals surface area contributed by atoms with E-state index in [2.05, 4.69) is 59.8 Å². The van der Waals surface area contributed by atoms with Gasteiger partial charge in [-0.3, -0.25) is 0 Å². The predicted molar refractivity (Wildman–Crippen MR) is 95.1 cm³/mol. The topological polar surface area (TPSA) is 9.23 Å². The molecule has 0 N–H and O–H groups in total.